The van der Waals surface area contributed by atoms with Crippen LogP contribution in [0, 0.1) is 0 Å². The number of hydrogen-bond donors (Lipinski definition) is 1. The molecule has 0 spiro atoms. The van der Waals surface area contributed by atoms with E-state index >= 15 is 0 Å². The highest BCUT2D eigenvalue weighted by Crippen LogP contribution is 2.38. The van der Waals surface area contributed by atoms with Crippen LogP contribution in [0.1, 0.15) is 41.7 Å². The summed E-state index contributed by atoms with van der Waals surface area (Å²) in [5.74, 6) is 3.27. The van der Waals surface area contributed by atoms with E-state index < -0.39 is 0 Å². The van der Waals surface area contributed by atoms with Crippen LogP contribution in [0.5, 0.6) is 11.5 Å². The maximum Gasteiger partial charge on any atom is 0.258 e. The number of ether oxygens (including phenoxy) is 2. The van der Waals surface area contributed by atoms with E-state index in [0.29, 0.717) is 40.7 Å². The summed E-state index contributed by atoms with van der Waals surface area (Å²) in [7, 11) is 3.12. The summed E-state index contributed by atoms with van der Waals surface area (Å²) in [5.41, 5.74) is 2.74. The van der Waals surface area contributed by atoms with Crippen LogP contribution in [-0.4, -0.2) is 45.6 Å². The molecule has 1 fully saturated rings. The number of fused-ring (bicyclic) bond motifs is 2. The molecule has 5 rings (SSSR count). The fourth-order valence-corrected chi connectivity index (χ4v) is 3.86. The van der Waals surface area contributed by atoms with Crippen molar-refractivity contribution in [1.82, 2.24) is 24.8 Å². The third-order valence-corrected chi connectivity index (χ3v) is 5.61. The van der Waals surface area contributed by atoms with Crippen molar-refractivity contribution in [3.05, 3.63) is 51.6 Å². The Kier molecular flexibility index (Phi) is 4.43. The molecule has 29 heavy (non-hydrogen) atoms. The summed E-state index contributed by atoms with van der Waals surface area (Å²) in [4.78, 5) is 31.7. The zero-order chi connectivity index (χ0) is 20.0. The first-order chi connectivity index (χ1) is 14.1. The molecule has 2 aromatic heterocycles. The molecule has 1 aromatic carbocycles. The van der Waals surface area contributed by atoms with Crippen molar-refractivity contribution in [2.24, 2.45) is 0 Å². The summed E-state index contributed by atoms with van der Waals surface area (Å²) in [6.45, 7) is 2.19. The molecule has 0 unspecified atom stereocenters. The summed E-state index contributed by atoms with van der Waals surface area (Å²) in [6, 6.07) is 3.40. The second-order valence-corrected chi connectivity index (χ2v) is 7.67. The van der Waals surface area contributed by atoms with Crippen molar-refractivity contribution >= 4 is 10.9 Å². The number of aromatic amines is 1. The minimum absolute atomic E-state index is 0.180. The Hall–Kier alpha value is -3.00. The van der Waals surface area contributed by atoms with Crippen molar-refractivity contribution in [2.75, 3.05) is 20.8 Å². The van der Waals surface area contributed by atoms with Crippen LogP contribution < -0.4 is 15.0 Å². The van der Waals surface area contributed by atoms with Gasteiger partial charge in [-0.15, -0.1) is 0 Å². The number of aromatic nitrogens is 4. The number of H-pyrrole nitrogens is 1. The Morgan fingerprint density at radius 2 is 1.97 bits per heavy atom. The van der Waals surface area contributed by atoms with Gasteiger partial charge in [-0.3, -0.25) is 9.69 Å². The Morgan fingerprint density at radius 3 is 2.72 bits per heavy atom. The van der Waals surface area contributed by atoms with Gasteiger partial charge in [-0.05, 0) is 18.9 Å². The van der Waals surface area contributed by atoms with Crippen LogP contribution in [0.2, 0.25) is 0 Å². The molecule has 150 valence electrons. The lowest BCUT2D eigenvalue weighted by Gasteiger charge is -2.27. The fraction of sp³-hybridized carbons (Fsp3) is 0.429. The van der Waals surface area contributed by atoms with E-state index in [1.807, 2.05) is 6.20 Å². The molecule has 0 saturated heterocycles. The quantitative estimate of drug-likeness (QED) is 0.710. The normalized spacial score (nSPS) is 16.6. The highest BCUT2D eigenvalue weighted by Gasteiger charge is 2.28. The number of methoxy groups -OCH3 is 2. The summed E-state index contributed by atoms with van der Waals surface area (Å²) in [5, 5.41) is 0.483. The SMILES string of the molecule is COc1cc2nc(CN3CCc4nc(C5CC5)ncc4C3)[nH]c(=O)c2cc1OC. The van der Waals surface area contributed by atoms with Gasteiger partial charge in [0, 0.05) is 48.9 Å². The first-order valence-corrected chi connectivity index (χ1v) is 9.86. The molecule has 3 aromatic rings. The first-order valence-electron chi connectivity index (χ1n) is 9.86. The van der Waals surface area contributed by atoms with Gasteiger partial charge in [0.15, 0.2) is 11.5 Å². The highest BCUT2D eigenvalue weighted by atomic mass is 16.5. The molecule has 0 radical (unpaired) electrons. The lowest BCUT2D eigenvalue weighted by molar-refractivity contribution is 0.236. The van der Waals surface area contributed by atoms with Gasteiger partial charge >= 0.3 is 0 Å². The summed E-state index contributed by atoms with van der Waals surface area (Å²) in [6.07, 6.45) is 5.28. The molecule has 3 heterocycles. The molecular formula is C21H23N5O3. The molecule has 0 bridgehead atoms. The summed E-state index contributed by atoms with van der Waals surface area (Å²) < 4.78 is 10.6. The first kappa shape index (κ1) is 18.1. The number of benzene rings is 1. The number of rotatable bonds is 5. The van der Waals surface area contributed by atoms with Gasteiger partial charge in [0.25, 0.3) is 5.56 Å². The maximum atomic E-state index is 12.6. The average molecular weight is 393 g/mol. The van der Waals surface area contributed by atoms with Crippen molar-refractivity contribution in [3.63, 3.8) is 0 Å². The largest absolute Gasteiger partial charge is 0.493 e. The van der Waals surface area contributed by atoms with Crippen LogP contribution in [0.3, 0.4) is 0 Å². The van der Waals surface area contributed by atoms with E-state index in [0.717, 1.165) is 36.6 Å². The van der Waals surface area contributed by atoms with Crippen molar-refractivity contribution in [2.45, 2.75) is 38.3 Å². The van der Waals surface area contributed by atoms with Gasteiger partial charge < -0.3 is 14.5 Å². The van der Waals surface area contributed by atoms with E-state index in [4.69, 9.17) is 14.5 Å². The van der Waals surface area contributed by atoms with Crippen LogP contribution >= 0.6 is 0 Å². The fourth-order valence-electron chi connectivity index (χ4n) is 3.86. The standard InChI is InChI=1S/C21H23N5O3/c1-28-17-7-14-16(8-18(17)29-2)23-19(25-21(14)27)11-26-6-5-15-13(10-26)9-22-20(24-15)12-3-4-12/h7-9,12H,3-6,10-11H2,1-2H3,(H,23,25,27). The van der Waals surface area contributed by atoms with Crippen LogP contribution in [0.25, 0.3) is 10.9 Å². The second-order valence-electron chi connectivity index (χ2n) is 7.67. The molecule has 8 heteroatoms. The molecular weight excluding hydrogens is 370 g/mol. The van der Waals surface area contributed by atoms with E-state index in [9.17, 15) is 4.79 Å². The lowest BCUT2D eigenvalue weighted by atomic mass is 10.1. The van der Waals surface area contributed by atoms with Crippen LogP contribution in [0.4, 0.5) is 0 Å². The average Bonchev–Trinajstić information content (AvgIpc) is 3.58. The smallest absolute Gasteiger partial charge is 0.258 e. The van der Waals surface area contributed by atoms with Crippen molar-refractivity contribution < 1.29 is 9.47 Å². The lowest BCUT2D eigenvalue weighted by Crippen LogP contribution is -2.32. The van der Waals surface area contributed by atoms with Gasteiger partial charge in [-0.25, -0.2) is 15.0 Å². The predicted molar refractivity (Wildman–Crippen MR) is 107 cm³/mol. The van der Waals surface area contributed by atoms with E-state index in [1.165, 1.54) is 12.8 Å². The monoisotopic (exact) mass is 393 g/mol. The van der Waals surface area contributed by atoms with Gasteiger partial charge in [-0.2, -0.15) is 0 Å². The predicted octanol–water partition coefficient (Wildman–Crippen LogP) is 2.17. The van der Waals surface area contributed by atoms with Crippen molar-refractivity contribution in [3.8, 4) is 11.5 Å². The van der Waals surface area contributed by atoms with Gasteiger partial charge in [0.1, 0.15) is 11.6 Å². The Balaban J connectivity index is 1.39. The molecule has 0 atom stereocenters. The minimum atomic E-state index is -0.180. The number of hydrogen-bond acceptors (Lipinski definition) is 7. The molecule has 2 aliphatic rings. The molecule has 1 N–H and O–H groups in total. The van der Waals surface area contributed by atoms with Crippen LogP contribution in [-0.2, 0) is 19.5 Å². The number of nitrogens with zero attached hydrogens (tertiary/aromatic N) is 4. The van der Waals surface area contributed by atoms with Gasteiger partial charge in [0.05, 0.1) is 31.7 Å². The highest BCUT2D eigenvalue weighted by molar-refractivity contribution is 5.81. The Morgan fingerprint density at radius 1 is 1.17 bits per heavy atom. The molecule has 1 saturated carbocycles. The second kappa shape index (κ2) is 7.11. The molecule has 1 aliphatic carbocycles. The van der Waals surface area contributed by atoms with E-state index in [-0.39, 0.29) is 5.56 Å². The molecule has 8 nitrogen and oxygen atoms in total. The van der Waals surface area contributed by atoms with Crippen LogP contribution in [0.15, 0.2) is 23.1 Å². The Labute approximate surface area is 167 Å². The third-order valence-electron chi connectivity index (χ3n) is 5.61. The molecule has 0 amide bonds. The molecule has 1 aliphatic heterocycles. The van der Waals surface area contributed by atoms with Crippen molar-refractivity contribution in [1.29, 1.82) is 0 Å². The summed E-state index contributed by atoms with van der Waals surface area (Å²) >= 11 is 0. The zero-order valence-corrected chi connectivity index (χ0v) is 16.6. The van der Waals surface area contributed by atoms with E-state index in [2.05, 4.69) is 19.9 Å². The van der Waals surface area contributed by atoms with E-state index in [1.54, 1.807) is 26.4 Å². The number of nitrogens with one attached hydrogen (secondary N) is 1. The minimum Gasteiger partial charge on any atom is -0.493 e. The maximum absolute atomic E-state index is 12.6. The third kappa shape index (κ3) is 3.44. The Bertz CT molecular complexity index is 1140. The zero-order valence-electron chi connectivity index (χ0n) is 16.6. The topological polar surface area (TPSA) is 93.2 Å². The van der Waals surface area contributed by atoms with Gasteiger partial charge in [0.2, 0.25) is 0 Å². The van der Waals surface area contributed by atoms with Gasteiger partial charge in [-0.1, -0.05) is 0 Å².